The summed E-state index contributed by atoms with van der Waals surface area (Å²) < 4.78 is 1.21. The van der Waals surface area contributed by atoms with Crippen molar-refractivity contribution in [3.63, 3.8) is 0 Å². The Morgan fingerprint density at radius 3 is 2.88 bits per heavy atom. The molecule has 16 heavy (non-hydrogen) atoms. The second-order valence-corrected chi connectivity index (χ2v) is 4.60. The van der Waals surface area contributed by atoms with E-state index >= 15 is 0 Å². The van der Waals surface area contributed by atoms with E-state index < -0.39 is 5.97 Å². The molecular weight excluding hydrogens is 228 g/mol. The molecule has 0 aliphatic carbocycles. The van der Waals surface area contributed by atoms with Crippen molar-refractivity contribution in [2.24, 2.45) is 0 Å². The van der Waals surface area contributed by atoms with Crippen LogP contribution in [0.15, 0.2) is 10.9 Å². The quantitative estimate of drug-likeness (QED) is 0.852. The van der Waals surface area contributed by atoms with Crippen molar-refractivity contribution in [3.8, 4) is 0 Å². The average Bonchev–Trinajstić information content (AvgIpc) is 2.41. The molecule has 0 spiro atoms. The monoisotopic (exact) mass is 238 g/mol. The van der Waals surface area contributed by atoms with Crippen molar-refractivity contribution in [3.05, 3.63) is 27.7 Å². The minimum absolute atomic E-state index is 0.271. The molecule has 0 fully saturated rings. The van der Waals surface area contributed by atoms with Gasteiger partial charge >= 0.3 is 5.97 Å². The zero-order valence-corrected chi connectivity index (χ0v) is 9.67. The summed E-state index contributed by atoms with van der Waals surface area (Å²) in [6.07, 6.45) is 0. The minimum atomic E-state index is -1.02. The van der Waals surface area contributed by atoms with Crippen LogP contribution in [0.5, 0.6) is 0 Å². The summed E-state index contributed by atoms with van der Waals surface area (Å²) >= 11 is 1.09. The first-order valence-corrected chi connectivity index (χ1v) is 5.46. The first kappa shape index (κ1) is 10.8. The Kier molecular flexibility index (Phi) is 2.51. The highest BCUT2D eigenvalue weighted by molar-refractivity contribution is 7.13. The smallest absolute Gasteiger partial charge is 0.324 e. The Balaban J connectivity index is 2.73. The first-order valence-electron chi connectivity index (χ1n) is 4.69. The molecule has 0 radical (unpaired) electrons. The Morgan fingerprint density at radius 2 is 2.25 bits per heavy atom. The highest BCUT2D eigenvalue weighted by Gasteiger charge is 2.13. The van der Waals surface area contributed by atoms with Gasteiger partial charge in [0.2, 0.25) is 0 Å². The lowest BCUT2D eigenvalue weighted by Crippen LogP contribution is -2.18. The molecule has 0 amide bonds. The number of carboxylic acids is 1. The van der Waals surface area contributed by atoms with E-state index in [1.165, 1.54) is 3.96 Å². The van der Waals surface area contributed by atoms with Gasteiger partial charge in [0.15, 0.2) is 0 Å². The number of nitrogens with zero attached hydrogens (tertiary/aromatic N) is 2. The van der Waals surface area contributed by atoms with Gasteiger partial charge < -0.3 is 5.11 Å². The van der Waals surface area contributed by atoms with E-state index in [0.717, 1.165) is 22.8 Å². The normalized spacial score (nSPS) is 10.9. The van der Waals surface area contributed by atoms with E-state index in [1.807, 2.05) is 19.9 Å². The number of fused-ring (bicyclic) bond motifs is 1. The van der Waals surface area contributed by atoms with Gasteiger partial charge in [-0.3, -0.25) is 13.5 Å². The molecule has 2 heterocycles. The molecule has 0 aromatic carbocycles. The van der Waals surface area contributed by atoms with Crippen LogP contribution in [0.2, 0.25) is 0 Å². The average molecular weight is 238 g/mol. The molecule has 1 N–H and O–H groups in total. The molecular formula is C10H10N2O3S. The minimum Gasteiger partial charge on any atom is -0.480 e. The van der Waals surface area contributed by atoms with Gasteiger partial charge in [-0.2, -0.15) is 0 Å². The van der Waals surface area contributed by atoms with Gasteiger partial charge in [-0.05, 0) is 37.0 Å². The van der Waals surface area contributed by atoms with E-state index in [-0.39, 0.29) is 12.1 Å². The molecule has 0 bridgehead atoms. The SMILES string of the molecule is Cc1cc(C)c2c(=O)n(CC(=O)O)sc2n1. The summed E-state index contributed by atoms with van der Waals surface area (Å²) in [6, 6.07) is 1.82. The van der Waals surface area contributed by atoms with Crippen molar-refractivity contribution < 1.29 is 9.90 Å². The number of pyridine rings is 1. The first-order chi connectivity index (χ1) is 7.49. The van der Waals surface area contributed by atoms with Crippen LogP contribution in [0.25, 0.3) is 10.2 Å². The van der Waals surface area contributed by atoms with Crippen molar-refractivity contribution in [2.75, 3.05) is 0 Å². The lowest BCUT2D eigenvalue weighted by Gasteiger charge is -1.94. The van der Waals surface area contributed by atoms with E-state index in [9.17, 15) is 9.59 Å². The van der Waals surface area contributed by atoms with Crippen LogP contribution in [0.4, 0.5) is 0 Å². The van der Waals surface area contributed by atoms with Crippen LogP contribution < -0.4 is 5.56 Å². The molecule has 0 unspecified atom stereocenters. The number of carboxylic acid groups (broad SMARTS) is 1. The van der Waals surface area contributed by atoms with Gasteiger partial charge in [0.25, 0.3) is 5.56 Å². The highest BCUT2D eigenvalue weighted by Crippen LogP contribution is 2.18. The molecule has 0 saturated heterocycles. The fourth-order valence-electron chi connectivity index (χ4n) is 1.63. The third kappa shape index (κ3) is 1.71. The van der Waals surface area contributed by atoms with Gasteiger partial charge in [0.1, 0.15) is 11.4 Å². The summed E-state index contributed by atoms with van der Waals surface area (Å²) in [5.41, 5.74) is 1.40. The Hall–Kier alpha value is -1.69. The van der Waals surface area contributed by atoms with Gasteiger partial charge in [-0.1, -0.05) is 0 Å². The number of aromatic nitrogens is 2. The zero-order valence-electron chi connectivity index (χ0n) is 8.85. The van der Waals surface area contributed by atoms with E-state index in [2.05, 4.69) is 4.98 Å². The molecule has 0 atom stereocenters. The topological polar surface area (TPSA) is 72.2 Å². The molecule has 2 aromatic heterocycles. The summed E-state index contributed by atoms with van der Waals surface area (Å²) in [5.74, 6) is -1.02. The van der Waals surface area contributed by atoms with Crippen LogP contribution in [0.3, 0.4) is 0 Å². The summed E-state index contributed by atoms with van der Waals surface area (Å²) in [6.45, 7) is 3.37. The number of hydrogen-bond donors (Lipinski definition) is 1. The second-order valence-electron chi connectivity index (χ2n) is 3.59. The Morgan fingerprint density at radius 1 is 1.56 bits per heavy atom. The van der Waals surface area contributed by atoms with Crippen LogP contribution in [-0.4, -0.2) is 20.0 Å². The zero-order chi connectivity index (χ0) is 11.9. The van der Waals surface area contributed by atoms with Gasteiger partial charge in [0.05, 0.1) is 5.39 Å². The third-order valence-electron chi connectivity index (χ3n) is 2.23. The predicted molar refractivity (Wildman–Crippen MR) is 61.0 cm³/mol. The Labute approximate surface area is 95.1 Å². The fourth-order valence-corrected chi connectivity index (χ4v) is 2.71. The van der Waals surface area contributed by atoms with Crippen molar-refractivity contribution in [1.82, 2.24) is 8.94 Å². The standard InChI is InChI=1S/C10H10N2O3S/c1-5-3-6(2)11-9-8(5)10(15)12(16-9)4-7(13)14/h3H,4H2,1-2H3,(H,13,14). The van der Waals surface area contributed by atoms with Crippen molar-refractivity contribution in [2.45, 2.75) is 20.4 Å². The maximum Gasteiger partial charge on any atom is 0.324 e. The van der Waals surface area contributed by atoms with Gasteiger partial charge in [-0.15, -0.1) is 0 Å². The molecule has 2 aromatic rings. The molecule has 5 nitrogen and oxygen atoms in total. The van der Waals surface area contributed by atoms with Crippen molar-refractivity contribution >= 4 is 27.7 Å². The summed E-state index contributed by atoms with van der Waals surface area (Å²) in [5, 5.41) is 9.19. The largest absolute Gasteiger partial charge is 0.480 e. The lowest BCUT2D eigenvalue weighted by atomic mass is 10.2. The molecule has 0 saturated carbocycles. The third-order valence-corrected chi connectivity index (χ3v) is 3.21. The van der Waals surface area contributed by atoms with E-state index in [1.54, 1.807) is 0 Å². The molecule has 84 valence electrons. The lowest BCUT2D eigenvalue weighted by molar-refractivity contribution is -0.137. The fraction of sp³-hybridized carbons (Fsp3) is 0.300. The molecule has 6 heteroatoms. The summed E-state index contributed by atoms with van der Waals surface area (Å²) in [7, 11) is 0. The summed E-state index contributed by atoms with van der Waals surface area (Å²) in [4.78, 5) is 27.3. The van der Waals surface area contributed by atoms with Crippen molar-refractivity contribution in [1.29, 1.82) is 0 Å². The maximum absolute atomic E-state index is 11.9. The van der Waals surface area contributed by atoms with E-state index in [0.29, 0.717) is 10.2 Å². The van der Waals surface area contributed by atoms with Crippen LogP contribution in [-0.2, 0) is 11.3 Å². The van der Waals surface area contributed by atoms with Crippen LogP contribution in [0, 0.1) is 13.8 Å². The molecule has 0 aliphatic rings. The van der Waals surface area contributed by atoms with Crippen LogP contribution in [0.1, 0.15) is 11.3 Å². The van der Waals surface area contributed by atoms with E-state index in [4.69, 9.17) is 5.11 Å². The highest BCUT2D eigenvalue weighted by atomic mass is 32.1. The van der Waals surface area contributed by atoms with Gasteiger partial charge in [-0.25, -0.2) is 4.98 Å². The van der Waals surface area contributed by atoms with Crippen LogP contribution >= 0.6 is 11.5 Å². The number of aryl methyl sites for hydroxylation is 2. The number of carbonyl (C=O) groups is 1. The Bertz CT molecular complexity index is 627. The maximum atomic E-state index is 11.9. The molecule has 0 aliphatic heterocycles. The van der Waals surface area contributed by atoms with Gasteiger partial charge in [0, 0.05) is 5.69 Å². The number of rotatable bonds is 2. The number of hydrogen-bond acceptors (Lipinski definition) is 4. The number of aliphatic carboxylic acids is 1. The second kappa shape index (κ2) is 3.71. The predicted octanol–water partition coefficient (Wildman–Crippen LogP) is 1.16. The molecule has 2 rings (SSSR count).